The molecule has 2 N–H and O–H groups in total. The number of nitrogens with two attached hydrogens (primary N) is 1. The van der Waals surface area contributed by atoms with Gasteiger partial charge in [0.25, 0.3) is 0 Å². The van der Waals surface area contributed by atoms with Crippen LogP contribution in [0, 0.1) is 0 Å². The Labute approximate surface area is 108 Å². The van der Waals surface area contributed by atoms with E-state index in [9.17, 15) is 4.79 Å². The summed E-state index contributed by atoms with van der Waals surface area (Å²) in [7, 11) is 1.63. The number of methoxy groups -OCH3 is 1. The maximum absolute atomic E-state index is 12.3. The van der Waals surface area contributed by atoms with Gasteiger partial charge in [-0.2, -0.15) is 0 Å². The SMILES string of the molecule is COc1cccc(C(C)C(=O)N2CC[C@@H](N)C2)c1. The molecular formula is C14H20N2O2. The van der Waals surface area contributed by atoms with E-state index in [0.29, 0.717) is 6.54 Å². The molecule has 1 aliphatic rings. The van der Waals surface area contributed by atoms with E-state index in [1.54, 1.807) is 7.11 Å². The maximum atomic E-state index is 12.3. The molecule has 1 aromatic carbocycles. The summed E-state index contributed by atoms with van der Waals surface area (Å²) in [5.74, 6) is 0.784. The van der Waals surface area contributed by atoms with Gasteiger partial charge in [-0.25, -0.2) is 0 Å². The molecule has 1 aliphatic heterocycles. The van der Waals surface area contributed by atoms with Crippen molar-refractivity contribution in [2.45, 2.75) is 25.3 Å². The zero-order valence-electron chi connectivity index (χ0n) is 10.9. The molecule has 2 atom stereocenters. The van der Waals surface area contributed by atoms with E-state index in [1.165, 1.54) is 0 Å². The van der Waals surface area contributed by atoms with Crippen molar-refractivity contribution in [3.63, 3.8) is 0 Å². The van der Waals surface area contributed by atoms with Gasteiger partial charge in [-0.1, -0.05) is 12.1 Å². The van der Waals surface area contributed by atoms with Crippen LogP contribution in [0.4, 0.5) is 0 Å². The predicted octanol–water partition coefficient (Wildman–Crippen LogP) is 1.36. The number of hydrogen-bond acceptors (Lipinski definition) is 3. The first-order valence-corrected chi connectivity index (χ1v) is 6.30. The lowest BCUT2D eigenvalue weighted by Crippen LogP contribution is -2.34. The van der Waals surface area contributed by atoms with E-state index < -0.39 is 0 Å². The van der Waals surface area contributed by atoms with Crippen molar-refractivity contribution in [2.24, 2.45) is 5.73 Å². The van der Waals surface area contributed by atoms with Crippen molar-refractivity contribution in [3.8, 4) is 5.75 Å². The lowest BCUT2D eigenvalue weighted by molar-refractivity contribution is -0.131. The fourth-order valence-electron chi connectivity index (χ4n) is 2.31. The Morgan fingerprint density at radius 1 is 1.56 bits per heavy atom. The Bertz CT molecular complexity index is 434. The molecule has 18 heavy (non-hydrogen) atoms. The summed E-state index contributed by atoms with van der Waals surface area (Å²) in [5, 5.41) is 0. The van der Waals surface area contributed by atoms with E-state index in [2.05, 4.69) is 0 Å². The van der Waals surface area contributed by atoms with Gasteiger partial charge in [0.1, 0.15) is 5.75 Å². The molecule has 0 aliphatic carbocycles. The second-order valence-corrected chi connectivity index (χ2v) is 4.83. The number of carbonyl (C=O) groups is 1. The van der Waals surface area contributed by atoms with E-state index in [0.717, 1.165) is 24.3 Å². The average molecular weight is 248 g/mol. The second kappa shape index (κ2) is 5.40. The third-order valence-electron chi connectivity index (χ3n) is 3.50. The highest BCUT2D eigenvalue weighted by molar-refractivity contribution is 5.83. The quantitative estimate of drug-likeness (QED) is 0.878. The van der Waals surface area contributed by atoms with Crippen LogP contribution in [0.15, 0.2) is 24.3 Å². The van der Waals surface area contributed by atoms with Crippen molar-refractivity contribution in [1.29, 1.82) is 0 Å². The van der Waals surface area contributed by atoms with Crippen LogP contribution in [-0.2, 0) is 4.79 Å². The minimum Gasteiger partial charge on any atom is -0.497 e. The van der Waals surface area contributed by atoms with Crippen molar-refractivity contribution in [1.82, 2.24) is 4.90 Å². The zero-order valence-corrected chi connectivity index (χ0v) is 10.9. The molecule has 2 rings (SSSR count). The van der Waals surface area contributed by atoms with Crippen LogP contribution < -0.4 is 10.5 Å². The maximum Gasteiger partial charge on any atom is 0.229 e. The molecule has 0 saturated carbocycles. The van der Waals surface area contributed by atoms with E-state index in [-0.39, 0.29) is 17.9 Å². The Balaban J connectivity index is 2.10. The van der Waals surface area contributed by atoms with Gasteiger partial charge >= 0.3 is 0 Å². The monoisotopic (exact) mass is 248 g/mol. The molecule has 1 aromatic rings. The van der Waals surface area contributed by atoms with E-state index in [1.807, 2.05) is 36.1 Å². The molecule has 0 aromatic heterocycles. The number of rotatable bonds is 3. The van der Waals surface area contributed by atoms with Crippen LogP contribution in [0.1, 0.15) is 24.8 Å². The molecule has 1 saturated heterocycles. The summed E-state index contributed by atoms with van der Waals surface area (Å²) in [6.07, 6.45) is 0.899. The number of ether oxygens (including phenoxy) is 1. The number of nitrogens with zero attached hydrogens (tertiary/aromatic N) is 1. The first-order valence-electron chi connectivity index (χ1n) is 6.30. The fraction of sp³-hybridized carbons (Fsp3) is 0.500. The van der Waals surface area contributed by atoms with Crippen molar-refractivity contribution in [2.75, 3.05) is 20.2 Å². The number of benzene rings is 1. The molecule has 98 valence electrons. The molecule has 1 heterocycles. The standard InChI is InChI=1S/C14H20N2O2/c1-10(11-4-3-5-13(8-11)18-2)14(17)16-7-6-12(15)9-16/h3-5,8,10,12H,6-7,9,15H2,1-2H3/t10?,12-/m1/s1. The highest BCUT2D eigenvalue weighted by atomic mass is 16.5. The number of likely N-dealkylation sites (tertiary alicyclic amines) is 1. The van der Waals surface area contributed by atoms with Gasteiger partial charge in [-0.05, 0) is 31.0 Å². The fourth-order valence-corrected chi connectivity index (χ4v) is 2.31. The van der Waals surface area contributed by atoms with Gasteiger partial charge in [0, 0.05) is 19.1 Å². The summed E-state index contributed by atoms with van der Waals surface area (Å²) in [6, 6.07) is 7.80. The summed E-state index contributed by atoms with van der Waals surface area (Å²) in [6.45, 7) is 3.38. The number of carbonyl (C=O) groups excluding carboxylic acids is 1. The third kappa shape index (κ3) is 2.64. The molecular weight excluding hydrogens is 228 g/mol. The van der Waals surface area contributed by atoms with Crippen molar-refractivity contribution < 1.29 is 9.53 Å². The van der Waals surface area contributed by atoms with Gasteiger partial charge in [0.2, 0.25) is 5.91 Å². The molecule has 0 bridgehead atoms. The molecule has 1 amide bonds. The molecule has 4 nitrogen and oxygen atoms in total. The van der Waals surface area contributed by atoms with Crippen LogP contribution in [0.3, 0.4) is 0 Å². The number of hydrogen-bond donors (Lipinski definition) is 1. The first kappa shape index (κ1) is 12.9. The van der Waals surface area contributed by atoms with E-state index in [4.69, 9.17) is 10.5 Å². The van der Waals surface area contributed by atoms with Gasteiger partial charge in [-0.15, -0.1) is 0 Å². The third-order valence-corrected chi connectivity index (χ3v) is 3.50. The Hall–Kier alpha value is -1.55. The molecule has 0 spiro atoms. The Morgan fingerprint density at radius 3 is 2.94 bits per heavy atom. The molecule has 1 fully saturated rings. The normalized spacial score (nSPS) is 20.8. The smallest absolute Gasteiger partial charge is 0.229 e. The summed E-state index contributed by atoms with van der Waals surface area (Å²) in [4.78, 5) is 14.2. The van der Waals surface area contributed by atoms with E-state index >= 15 is 0 Å². The lowest BCUT2D eigenvalue weighted by Gasteiger charge is -2.21. The Morgan fingerprint density at radius 2 is 2.33 bits per heavy atom. The lowest BCUT2D eigenvalue weighted by atomic mass is 9.99. The zero-order chi connectivity index (χ0) is 13.1. The minimum atomic E-state index is -0.148. The van der Waals surface area contributed by atoms with Crippen molar-refractivity contribution >= 4 is 5.91 Å². The van der Waals surface area contributed by atoms with Crippen LogP contribution in [-0.4, -0.2) is 37.0 Å². The summed E-state index contributed by atoms with van der Waals surface area (Å²) in [5.41, 5.74) is 6.82. The largest absolute Gasteiger partial charge is 0.497 e. The van der Waals surface area contributed by atoms with Crippen LogP contribution in [0.25, 0.3) is 0 Å². The first-order chi connectivity index (χ1) is 8.61. The van der Waals surface area contributed by atoms with Gasteiger partial charge < -0.3 is 15.4 Å². The minimum absolute atomic E-state index is 0.131. The predicted molar refractivity (Wildman–Crippen MR) is 70.6 cm³/mol. The molecule has 1 unspecified atom stereocenters. The van der Waals surface area contributed by atoms with Gasteiger partial charge in [0.05, 0.1) is 13.0 Å². The van der Waals surface area contributed by atoms with Crippen LogP contribution in [0.2, 0.25) is 0 Å². The van der Waals surface area contributed by atoms with Crippen LogP contribution >= 0.6 is 0 Å². The second-order valence-electron chi connectivity index (χ2n) is 4.83. The summed E-state index contributed by atoms with van der Waals surface area (Å²) < 4.78 is 5.18. The highest BCUT2D eigenvalue weighted by Gasteiger charge is 2.27. The van der Waals surface area contributed by atoms with Gasteiger partial charge in [-0.3, -0.25) is 4.79 Å². The van der Waals surface area contributed by atoms with Gasteiger partial charge in [0.15, 0.2) is 0 Å². The Kier molecular flexibility index (Phi) is 3.87. The van der Waals surface area contributed by atoms with Crippen molar-refractivity contribution in [3.05, 3.63) is 29.8 Å². The average Bonchev–Trinajstić information content (AvgIpc) is 2.83. The molecule has 0 radical (unpaired) electrons. The molecule has 4 heteroatoms. The highest BCUT2D eigenvalue weighted by Crippen LogP contribution is 2.23. The number of amides is 1. The topological polar surface area (TPSA) is 55.6 Å². The van der Waals surface area contributed by atoms with Crippen LogP contribution in [0.5, 0.6) is 5.75 Å². The summed E-state index contributed by atoms with van der Waals surface area (Å²) >= 11 is 0.